The Morgan fingerprint density at radius 3 is 0.662 bits per heavy atom. The Hall–Kier alpha value is -0.860. The summed E-state index contributed by atoms with van der Waals surface area (Å²) in [4.78, 5) is 45.0. The number of ether oxygens (including phenoxy) is 2. The first-order chi connectivity index (χ1) is 34.2. The van der Waals surface area contributed by atoms with E-state index in [1.54, 1.807) is 0 Å². The third kappa shape index (κ3) is 65.2. The van der Waals surface area contributed by atoms with Crippen molar-refractivity contribution >= 4 is 61.6 Å². The molecule has 2 unspecified atom stereocenters. The molecule has 0 saturated carbocycles. The van der Waals surface area contributed by atoms with Crippen molar-refractivity contribution in [2.24, 2.45) is 0 Å². The Bertz CT molecular complexity index is 1020. The molecule has 416 valence electrons. The minimum atomic E-state index is -0.921. The van der Waals surface area contributed by atoms with Gasteiger partial charge in [-0.2, -0.15) is 0 Å². The molecular weight excluding hydrogens is 913 g/mol. The van der Waals surface area contributed by atoms with E-state index in [0.717, 1.165) is 103 Å². The predicted molar refractivity (Wildman–Crippen MR) is 298 cm³/mol. The molecule has 0 amide bonds. The van der Waals surface area contributed by atoms with Crippen molar-refractivity contribution in [1.82, 2.24) is 0 Å². The van der Waals surface area contributed by atoms with Gasteiger partial charge in [0.2, 0.25) is 0 Å². The van der Waals surface area contributed by atoms with Gasteiger partial charge in [0.05, 0.1) is 0 Å². The summed E-state index contributed by atoms with van der Waals surface area (Å²) in [5, 5.41) is 20.7. The van der Waals surface area contributed by atoms with E-state index < -0.39 is 11.9 Å². The SMILES string of the molecule is CCCCCCCCCCCCC(=O)OC(CC)CCCCCCCCCCCCCCC(=O)[O-].CCCCCCCCCCCCC(=O)OC(CC)CCCCCCCCCCCCCCC(=O)[O-].[Ca+2]. The summed E-state index contributed by atoms with van der Waals surface area (Å²) in [5.41, 5.74) is 0. The van der Waals surface area contributed by atoms with Crippen LogP contribution in [0.15, 0.2) is 0 Å². The van der Waals surface area contributed by atoms with Gasteiger partial charge >= 0.3 is 49.7 Å². The summed E-state index contributed by atoms with van der Waals surface area (Å²) >= 11 is 0. The fourth-order valence-corrected chi connectivity index (χ4v) is 9.51. The smallest absolute Gasteiger partial charge is 0.550 e. The molecule has 0 N–H and O–H groups in total. The molecule has 0 bridgehead atoms. The van der Waals surface area contributed by atoms with Crippen LogP contribution in [-0.4, -0.2) is 73.8 Å². The van der Waals surface area contributed by atoms with Crippen LogP contribution in [0.25, 0.3) is 0 Å². The maximum absolute atomic E-state index is 12.2. The Labute approximate surface area is 471 Å². The van der Waals surface area contributed by atoms with E-state index in [9.17, 15) is 29.4 Å². The number of esters is 2. The minimum Gasteiger partial charge on any atom is -0.550 e. The molecule has 0 aromatic heterocycles. The molecule has 0 fully saturated rings. The fraction of sp³-hybridized carbons (Fsp3) is 0.935. The van der Waals surface area contributed by atoms with Crippen molar-refractivity contribution in [2.45, 2.75) is 374 Å². The summed E-state index contributed by atoms with van der Waals surface area (Å²) in [6.07, 6.45) is 60.2. The minimum absolute atomic E-state index is 0. The van der Waals surface area contributed by atoms with Crippen molar-refractivity contribution in [3.8, 4) is 0 Å². The van der Waals surface area contributed by atoms with Crippen LogP contribution in [0.4, 0.5) is 0 Å². The predicted octanol–water partition coefficient (Wildman–Crippen LogP) is 17.3. The van der Waals surface area contributed by atoms with Crippen molar-refractivity contribution in [3.63, 3.8) is 0 Å². The molecule has 8 nitrogen and oxygen atoms in total. The van der Waals surface area contributed by atoms with Crippen LogP contribution in [0.1, 0.15) is 362 Å². The molecule has 71 heavy (non-hydrogen) atoms. The molecule has 0 radical (unpaired) electrons. The van der Waals surface area contributed by atoms with Crippen LogP contribution >= 0.6 is 0 Å². The Morgan fingerprint density at radius 1 is 0.282 bits per heavy atom. The monoisotopic (exact) mass is 1030 g/mol. The number of hydrogen-bond acceptors (Lipinski definition) is 8. The van der Waals surface area contributed by atoms with E-state index in [2.05, 4.69) is 27.7 Å². The molecular formula is C62H118CaO8. The first-order valence-corrected chi connectivity index (χ1v) is 31.0. The first-order valence-electron chi connectivity index (χ1n) is 31.0. The topological polar surface area (TPSA) is 133 Å². The zero-order chi connectivity index (χ0) is 51.6. The Morgan fingerprint density at radius 2 is 0.465 bits per heavy atom. The summed E-state index contributed by atoms with van der Waals surface area (Å²) in [5.74, 6) is -1.82. The van der Waals surface area contributed by atoms with Crippen LogP contribution in [0, 0.1) is 0 Å². The number of rotatable bonds is 56. The van der Waals surface area contributed by atoms with Crippen LogP contribution in [0.2, 0.25) is 0 Å². The fourth-order valence-electron chi connectivity index (χ4n) is 9.51. The second-order valence-corrected chi connectivity index (χ2v) is 21.2. The van der Waals surface area contributed by atoms with Gasteiger partial charge in [-0.15, -0.1) is 0 Å². The van der Waals surface area contributed by atoms with Crippen LogP contribution in [0.3, 0.4) is 0 Å². The second kappa shape index (κ2) is 63.4. The third-order valence-electron chi connectivity index (χ3n) is 14.3. The number of carbonyl (C=O) groups excluding carboxylic acids is 4. The maximum atomic E-state index is 12.2. The summed E-state index contributed by atoms with van der Waals surface area (Å²) in [7, 11) is 0. The van der Waals surface area contributed by atoms with Gasteiger partial charge in [-0.3, -0.25) is 9.59 Å². The average molecular weight is 1030 g/mol. The van der Waals surface area contributed by atoms with Gasteiger partial charge in [0.1, 0.15) is 12.2 Å². The molecule has 0 saturated heterocycles. The van der Waals surface area contributed by atoms with Crippen LogP contribution < -0.4 is 10.2 Å². The van der Waals surface area contributed by atoms with Gasteiger partial charge in [0, 0.05) is 24.8 Å². The number of unbranched alkanes of at least 4 members (excludes halogenated alkanes) is 40. The number of carbonyl (C=O) groups is 4. The number of aliphatic carboxylic acids is 2. The first kappa shape index (κ1) is 74.4. The van der Waals surface area contributed by atoms with E-state index in [1.165, 1.54) is 205 Å². The molecule has 0 heterocycles. The normalized spacial score (nSPS) is 11.9. The molecule has 0 aromatic rings. The third-order valence-corrected chi connectivity index (χ3v) is 14.3. The van der Waals surface area contributed by atoms with Crippen molar-refractivity contribution in [1.29, 1.82) is 0 Å². The summed E-state index contributed by atoms with van der Waals surface area (Å²) in [6, 6.07) is 0. The standard InChI is InChI=1S/2C31H60O4.Ca/c2*1-3-5-6-7-8-9-16-19-22-25-28-31(34)35-29(4-2)26-23-20-17-14-12-10-11-13-15-18-21-24-27-30(32)33;/h2*29H,3-28H2,1-2H3,(H,32,33);/q;;+2/p-2. The van der Waals surface area contributed by atoms with Gasteiger partial charge < -0.3 is 29.3 Å². The summed E-state index contributed by atoms with van der Waals surface area (Å²) < 4.78 is 11.5. The molecule has 9 heteroatoms. The molecule has 2 atom stereocenters. The van der Waals surface area contributed by atoms with Crippen LogP contribution in [0.5, 0.6) is 0 Å². The van der Waals surface area contributed by atoms with Gasteiger partial charge in [-0.25, -0.2) is 0 Å². The maximum Gasteiger partial charge on any atom is 2.00 e. The van der Waals surface area contributed by atoms with Gasteiger partial charge in [0.25, 0.3) is 0 Å². The van der Waals surface area contributed by atoms with Gasteiger partial charge in [-0.05, 0) is 77.0 Å². The van der Waals surface area contributed by atoms with E-state index >= 15 is 0 Å². The molecule has 0 aliphatic heterocycles. The number of hydrogen-bond donors (Lipinski definition) is 0. The molecule has 0 aliphatic rings. The molecule has 0 aliphatic carbocycles. The largest absolute Gasteiger partial charge is 2.00 e. The van der Waals surface area contributed by atoms with E-state index in [0.29, 0.717) is 12.8 Å². The quantitative estimate of drug-likeness (QED) is 0.0334. The van der Waals surface area contributed by atoms with E-state index in [4.69, 9.17) is 9.47 Å². The van der Waals surface area contributed by atoms with Crippen molar-refractivity contribution < 1.29 is 38.9 Å². The zero-order valence-electron chi connectivity index (χ0n) is 47.9. The van der Waals surface area contributed by atoms with Crippen molar-refractivity contribution in [2.75, 3.05) is 0 Å². The number of carboxylic acid groups (broad SMARTS) is 2. The number of carboxylic acids is 2. The Kier molecular flexibility index (Phi) is 66.5. The van der Waals surface area contributed by atoms with Crippen molar-refractivity contribution in [3.05, 3.63) is 0 Å². The zero-order valence-corrected chi connectivity index (χ0v) is 50.1. The summed E-state index contributed by atoms with van der Waals surface area (Å²) in [6.45, 7) is 8.78. The Balaban J connectivity index is -0.00000128. The van der Waals surface area contributed by atoms with E-state index in [1.807, 2.05) is 0 Å². The van der Waals surface area contributed by atoms with Gasteiger partial charge in [-0.1, -0.05) is 272 Å². The van der Waals surface area contributed by atoms with Gasteiger partial charge in [0.15, 0.2) is 0 Å². The average Bonchev–Trinajstić information content (AvgIpc) is 3.34. The molecule has 0 aromatic carbocycles. The molecule has 0 spiro atoms. The van der Waals surface area contributed by atoms with Crippen LogP contribution in [-0.2, 0) is 28.7 Å². The van der Waals surface area contributed by atoms with E-state index in [-0.39, 0.29) is 74.7 Å². The second-order valence-electron chi connectivity index (χ2n) is 21.2. The molecule has 0 rings (SSSR count).